The third-order valence-electron chi connectivity index (χ3n) is 2.63. The van der Waals surface area contributed by atoms with Gasteiger partial charge in [0, 0.05) is 11.3 Å². The van der Waals surface area contributed by atoms with E-state index in [0.29, 0.717) is 11.4 Å². The molecule has 0 saturated carbocycles. The summed E-state index contributed by atoms with van der Waals surface area (Å²) in [4.78, 5) is 11.5. The Labute approximate surface area is 120 Å². The molecule has 6 heteroatoms. The van der Waals surface area contributed by atoms with Gasteiger partial charge in [0.2, 0.25) is 0 Å². The Morgan fingerprint density at radius 2 is 1.81 bits per heavy atom. The highest BCUT2D eigenvalue weighted by atomic mass is 19.1. The van der Waals surface area contributed by atoms with Crippen LogP contribution in [0.4, 0.5) is 14.5 Å². The molecule has 0 saturated heterocycles. The van der Waals surface area contributed by atoms with Crippen molar-refractivity contribution in [2.24, 2.45) is 0 Å². The Kier molecular flexibility index (Phi) is 4.71. The van der Waals surface area contributed by atoms with E-state index < -0.39 is 17.6 Å². The number of carbonyl (C=O) groups is 1. The van der Waals surface area contributed by atoms with Gasteiger partial charge < -0.3 is 15.2 Å². The molecule has 4 nitrogen and oxygen atoms in total. The van der Waals surface area contributed by atoms with Crippen molar-refractivity contribution in [3.8, 4) is 5.75 Å². The Morgan fingerprint density at radius 3 is 2.52 bits per heavy atom. The topological polar surface area (TPSA) is 61.5 Å². The van der Waals surface area contributed by atoms with Crippen LogP contribution in [-0.4, -0.2) is 12.6 Å². The number of anilines is 1. The number of benzene rings is 2. The molecule has 2 aromatic carbocycles. The normalized spacial score (nSPS) is 10.2. The van der Waals surface area contributed by atoms with Gasteiger partial charge in [-0.1, -0.05) is 0 Å². The summed E-state index contributed by atoms with van der Waals surface area (Å²) in [6.45, 7) is -0.686. The first-order valence-corrected chi connectivity index (χ1v) is 6.12. The van der Waals surface area contributed by atoms with Gasteiger partial charge in [0.15, 0.2) is 6.61 Å². The molecule has 0 aliphatic carbocycles. The summed E-state index contributed by atoms with van der Waals surface area (Å²) in [6.07, 6.45) is 0. The SMILES string of the molecule is Nc1ccc(OCC(=O)OCc2cc(F)ccc2F)cc1. The number of halogens is 2. The van der Waals surface area contributed by atoms with Crippen LogP contribution < -0.4 is 10.5 Å². The van der Waals surface area contributed by atoms with Gasteiger partial charge in [0.25, 0.3) is 0 Å². The van der Waals surface area contributed by atoms with E-state index in [1.165, 1.54) is 0 Å². The molecule has 0 aromatic heterocycles. The Balaban J connectivity index is 1.82. The van der Waals surface area contributed by atoms with Crippen molar-refractivity contribution < 1.29 is 23.0 Å². The summed E-state index contributed by atoms with van der Waals surface area (Å²) in [5.41, 5.74) is 6.05. The number of esters is 1. The summed E-state index contributed by atoms with van der Waals surface area (Å²) in [5.74, 6) is -1.46. The van der Waals surface area contributed by atoms with Crippen LogP contribution in [0.1, 0.15) is 5.56 Å². The van der Waals surface area contributed by atoms with Crippen LogP contribution in [-0.2, 0) is 16.1 Å². The predicted molar refractivity (Wildman–Crippen MR) is 72.5 cm³/mol. The van der Waals surface area contributed by atoms with Crippen LogP contribution in [0.3, 0.4) is 0 Å². The van der Waals surface area contributed by atoms with Crippen LogP contribution in [0, 0.1) is 11.6 Å². The molecular formula is C15H13F2NO3. The van der Waals surface area contributed by atoms with E-state index in [0.717, 1.165) is 18.2 Å². The fourth-order valence-corrected chi connectivity index (χ4v) is 1.56. The van der Waals surface area contributed by atoms with Gasteiger partial charge in [0.05, 0.1) is 0 Å². The number of nitrogen functional groups attached to an aromatic ring is 1. The third kappa shape index (κ3) is 4.45. The quantitative estimate of drug-likeness (QED) is 0.680. The molecule has 0 spiro atoms. The molecule has 2 N–H and O–H groups in total. The number of carbonyl (C=O) groups excluding carboxylic acids is 1. The first-order chi connectivity index (χ1) is 10.0. The second-order valence-corrected chi connectivity index (χ2v) is 4.25. The van der Waals surface area contributed by atoms with Crippen molar-refractivity contribution in [1.82, 2.24) is 0 Å². The maximum atomic E-state index is 13.3. The second kappa shape index (κ2) is 6.69. The minimum Gasteiger partial charge on any atom is -0.482 e. The largest absolute Gasteiger partial charge is 0.482 e. The van der Waals surface area contributed by atoms with Crippen LogP contribution in [0.2, 0.25) is 0 Å². The van der Waals surface area contributed by atoms with Gasteiger partial charge in [-0.05, 0) is 42.5 Å². The van der Waals surface area contributed by atoms with E-state index >= 15 is 0 Å². The number of nitrogens with two attached hydrogens (primary N) is 1. The maximum absolute atomic E-state index is 13.3. The summed E-state index contributed by atoms with van der Waals surface area (Å²) < 4.78 is 36.2. The molecule has 0 radical (unpaired) electrons. The molecule has 0 amide bonds. The van der Waals surface area contributed by atoms with Gasteiger partial charge in [-0.25, -0.2) is 13.6 Å². The zero-order valence-electron chi connectivity index (χ0n) is 11.0. The van der Waals surface area contributed by atoms with E-state index in [9.17, 15) is 13.6 Å². The third-order valence-corrected chi connectivity index (χ3v) is 2.63. The molecule has 2 aromatic rings. The van der Waals surface area contributed by atoms with Crippen LogP contribution >= 0.6 is 0 Å². The van der Waals surface area contributed by atoms with Crippen molar-refractivity contribution in [3.05, 3.63) is 59.7 Å². The lowest BCUT2D eigenvalue weighted by molar-refractivity contribution is -0.147. The Bertz CT molecular complexity index is 629. The average Bonchev–Trinajstić information content (AvgIpc) is 2.47. The van der Waals surface area contributed by atoms with Crippen molar-refractivity contribution in [1.29, 1.82) is 0 Å². The number of hydrogen-bond acceptors (Lipinski definition) is 4. The van der Waals surface area contributed by atoms with Crippen molar-refractivity contribution >= 4 is 11.7 Å². The predicted octanol–water partition coefficient (Wildman–Crippen LogP) is 2.67. The smallest absolute Gasteiger partial charge is 0.344 e. The highest BCUT2D eigenvalue weighted by Crippen LogP contribution is 2.14. The van der Waals surface area contributed by atoms with Crippen molar-refractivity contribution in [2.75, 3.05) is 12.3 Å². The molecule has 110 valence electrons. The molecular weight excluding hydrogens is 280 g/mol. The minimum atomic E-state index is -0.685. The number of ether oxygens (including phenoxy) is 2. The lowest BCUT2D eigenvalue weighted by Gasteiger charge is -2.08. The Morgan fingerprint density at radius 1 is 1.10 bits per heavy atom. The zero-order valence-corrected chi connectivity index (χ0v) is 11.0. The monoisotopic (exact) mass is 293 g/mol. The Hall–Kier alpha value is -2.63. The summed E-state index contributed by atoms with van der Waals surface area (Å²) in [7, 11) is 0. The molecule has 0 aliphatic rings. The van der Waals surface area contributed by atoms with Crippen LogP contribution in [0.15, 0.2) is 42.5 Å². The van der Waals surface area contributed by atoms with E-state index in [1.807, 2.05) is 0 Å². The molecule has 0 aliphatic heterocycles. The fourth-order valence-electron chi connectivity index (χ4n) is 1.56. The lowest BCUT2D eigenvalue weighted by atomic mass is 10.2. The molecule has 0 heterocycles. The fraction of sp³-hybridized carbons (Fsp3) is 0.133. The second-order valence-electron chi connectivity index (χ2n) is 4.25. The van der Waals surface area contributed by atoms with E-state index in [2.05, 4.69) is 0 Å². The van der Waals surface area contributed by atoms with Crippen LogP contribution in [0.25, 0.3) is 0 Å². The van der Waals surface area contributed by atoms with Gasteiger partial charge >= 0.3 is 5.97 Å². The molecule has 0 fully saturated rings. The first-order valence-electron chi connectivity index (χ1n) is 6.12. The van der Waals surface area contributed by atoms with Crippen LogP contribution in [0.5, 0.6) is 5.75 Å². The van der Waals surface area contributed by atoms with E-state index in [1.54, 1.807) is 24.3 Å². The molecule has 0 atom stereocenters. The lowest BCUT2D eigenvalue weighted by Crippen LogP contribution is -2.15. The van der Waals surface area contributed by atoms with Crippen molar-refractivity contribution in [3.63, 3.8) is 0 Å². The zero-order chi connectivity index (χ0) is 15.2. The van der Waals surface area contributed by atoms with Gasteiger partial charge in [0.1, 0.15) is 24.0 Å². The van der Waals surface area contributed by atoms with E-state index in [-0.39, 0.29) is 18.8 Å². The highest BCUT2D eigenvalue weighted by Gasteiger charge is 2.09. The van der Waals surface area contributed by atoms with Gasteiger partial charge in [-0.2, -0.15) is 0 Å². The molecule has 0 unspecified atom stereocenters. The average molecular weight is 293 g/mol. The minimum absolute atomic E-state index is 0.0316. The van der Waals surface area contributed by atoms with Gasteiger partial charge in [-0.3, -0.25) is 0 Å². The maximum Gasteiger partial charge on any atom is 0.344 e. The number of hydrogen-bond donors (Lipinski definition) is 1. The van der Waals surface area contributed by atoms with Crippen molar-refractivity contribution in [2.45, 2.75) is 6.61 Å². The highest BCUT2D eigenvalue weighted by molar-refractivity contribution is 5.71. The van der Waals surface area contributed by atoms with E-state index in [4.69, 9.17) is 15.2 Å². The number of rotatable bonds is 5. The summed E-state index contributed by atoms with van der Waals surface area (Å²) >= 11 is 0. The van der Waals surface area contributed by atoms with Gasteiger partial charge in [-0.15, -0.1) is 0 Å². The summed E-state index contributed by atoms with van der Waals surface area (Å²) in [5, 5.41) is 0. The standard InChI is InChI=1S/C15H13F2NO3/c16-11-1-6-14(17)10(7-11)8-21-15(19)9-20-13-4-2-12(18)3-5-13/h1-7H,8-9,18H2. The first kappa shape index (κ1) is 14.8. The molecule has 2 rings (SSSR count). The summed E-state index contributed by atoms with van der Waals surface area (Å²) in [6, 6.07) is 9.41. The molecule has 0 bridgehead atoms. The molecule has 21 heavy (non-hydrogen) atoms.